The predicted molar refractivity (Wildman–Crippen MR) is 132 cm³/mol. The molecule has 32 heavy (non-hydrogen) atoms. The summed E-state index contributed by atoms with van der Waals surface area (Å²) < 4.78 is 10.8. The maximum Gasteiger partial charge on any atom is 0.125 e. The van der Waals surface area contributed by atoms with E-state index in [0.29, 0.717) is 18.3 Å². The molecule has 0 spiro atoms. The van der Waals surface area contributed by atoms with Crippen molar-refractivity contribution >= 4 is 29.4 Å². The highest BCUT2D eigenvalue weighted by Crippen LogP contribution is 2.31. The summed E-state index contributed by atoms with van der Waals surface area (Å²) in [6.45, 7) is 8.74. The minimum absolute atomic E-state index is 0.567. The van der Waals surface area contributed by atoms with Gasteiger partial charge in [0.15, 0.2) is 0 Å². The Morgan fingerprint density at radius 2 is 2.09 bits per heavy atom. The number of hydrogen-bond donors (Lipinski definition) is 1. The summed E-state index contributed by atoms with van der Waals surface area (Å²) in [5.41, 5.74) is 10.5. The fourth-order valence-corrected chi connectivity index (χ4v) is 5.00. The van der Waals surface area contributed by atoms with Crippen LogP contribution in [0.25, 0.3) is 0 Å². The van der Waals surface area contributed by atoms with Gasteiger partial charge in [-0.3, -0.25) is 0 Å². The lowest BCUT2D eigenvalue weighted by Gasteiger charge is -2.19. The summed E-state index contributed by atoms with van der Waals surface area (Å²) in [6.07, 6.45) is 5.92. The van der Waals surface area contributed by atoms with Crippen LogP contribution in [-0.4, -0.2) is 47.8 Å². The van der Waals surface area contributed by atoms with Crippen LogP contribution in [0.3, 0.4) is 0 Å². The molecule has 7 nitrogen and oxygen atoms in total. The summed E-state index contributed by atoms with van der Waals surface area (Å²) in [4.78, 5) is 9.31. The van der Waals surface area contributed by atoms with Crippen LogP contribution in [0.15, 0.2) is 41.7 Å². The average molecular weight is 456 g/mol. The number of aromatic nitrogens is 1. The number of benzene rings is 1. The Kier molecular flexibility index (Phi) is 7.76. The first-order valence-corrected chi connectivity index (χ1v) is 12.2. The van der Waals surface area contributed by atoms with Crippen LogP contribution in [0.1, 0.15) is 44.2 Å². The topological polar surface area (TPSA) is 76.2 Å². The number of nitrogens with zero attached hydrogens (tertiary/aromatic N) is 4. The standard InChI is InChI=1S/C24H33N5O2S/c1-3-31-27-23-7-4-19-16-21(5-6-22(19)23)30-15-10-18(2)9-12-28-13-14-29(32-28)20-8-11-26-24(25)17-20/h5-6,8,11,16-18H,3-4,7,9-10,12-15H2,1-2H3,(H2,25,26)/b27-23+. The van der Waals surface area contributed by atoms with Gasteiger partial charge in [-0.15, -0.1) is 0 Å². The van der Waals surface area contributed by atoms with Gasteiger partial charge in [-0.2, -0.15) is 0 Å². The Bertz CT molecular complexity index is 938. The zero-order valence-corrected chi connectivity index (χ0v) is 19.8. The zero-order chi connectivity index (χ0) is 22.3. The molecule has 4 rings (SSSR count). The molecule has 2 aromatic rings. The highest BCUT2D eigenvalue weighted by molar-refractivity contribution is 7.98. The molecule has 1 aromatic heterocycles. The number of ether oxygens (including phenoxy) is 1. The Hall–Kier alpha value is -2.45. The maximum atomic E-state index is 6.06. The molecule has 1 aliphatic heterocycles. The lowest BCUT2D eigenvalue weighted by Crippen LogP contribution is -2.17. The van der Waals surface area contributed by atoms with Gasteiger partial charge in [0.25, 0.3) is 0 Å². The average Bonchev–Trinajstić information content (AvgIpc) is 3.43. The molecule has 0 amide bonds. The van der Waals surface area contributed by atoms with Crippen LogP contribution in [0.5, 0.6) is 5.75 Å². The summed E-state index contributed by atoms with van der Waals surface area (Å²) in [6, 6.07) is 10.3. The van der Waals surface area contributed by atoms with Crippen LogP contribution in [0.2, 0.25) is 0 Å². The molecule has 1 aromatic carbocycles. The third-order valence-electron chi connectivity index (χ3n) is 5.89. The van der Waals surface area contributed by atoms with Gasteiger partial charge < -0.3 is 19.6 Å². The van der Waals surface area contributed by atoms with E-state index in [1.807, 2.05) is 19.1 Å². The molecular formula is C24H33N5O2S. The molecule has 1 aliphatic carbocycles. The summed E-state index contributed by atoms with van der Waals surface area (Å²) in [7, 11) is 0. The number of fused-ring (bicyclic) bond motifs is 1. The molecule has 1 saturated heterocycles. The third kappa shape index (κ3) is 5.86. The largest absolute Gasteiger partial charge is 0.494 e. The second-order valence-corrected chi connectivity index (χ2v) is 9.48. The smallest absolute Gasteiger partial charge is 0.125 e. The van der Waals surface area contributed by atoms with Crippen LogP contribution < -0.4 is 14.8 Å². The number of aryl methyl sites for hydroxylation is 1. The van der Waals surface area contributed by atoms with Gasteiger partial charge in [-0.1, -0.05) is 12.1 Å². The van der Waals surface area contributed by atoms with Gasteiger partial charge in [-0.25, -0.2) is 9.29 Å². The molecule has 1 fully saturated rings. The highest BCUT2D eigenvalue weighted by atomic mass is 32.2. The van der Waals surface area contributed by atoms with E-state index in [4.69, 9.17) is 15.3 Å². The van der Waals surface area contributed by atoms with Gasteiger partial charge in [-0.05, 0) is 68.4 Å². The number of rotatable bonds is 10. The van der Waals surface area contributed by atoms with Crippen molar-refractivity contribution in [3.05, 3.63) is 47.7 Å². The first-order valence-electron chi connectivity index (χ1n) is 11.5. The predicted octanol–water partition coefficient (Wildman–Crippen LogP) is 4.53. The minimum Gasteiger partial charge on any atom is -0.494 e. The van der Waals surface area contributed by atoms with Gasteiger partial charge >= 0.3 is 0 Å². The Balaban J connectivity index is 1.17. The van der Waals surface area contributed by atoms with Crippen LogP contribution >= 0.6 is 12.1 Å². The molecule has 1 atom stereocenters. The van der Waals surface area contributed by atoms with E-state index in [1.54, 1.807) is 18.3 Å². The van der Waals surface area contributed by atoms with Crippen molar-refractivity contribution < 1.29 is 9.57 Å². The quantitative estimate of drug-likeness (QED) is 0.417. The van der Waals surface area contributed by atoms with Crippen molar-refractivity contribution in [2.75, 3.05) is 42.9 Å². The molecule has 2 heterocycles. The Labute approximate surface area is 195 Å². The SMILES string of the molecule is CCO/N=C1\CCc2cc(OCCC(C)CCN3CCN(c4ccnc(N)c4)S3)ccc21. The third-order valence-corrected chi connectivity index (χ3v) is 7.08. The fraction of sp³-hybridized carbons (Fsp3) is 0.500. The number of nitrogens with two attached hydrogens (primary N) is 1. The van der Waals surface area contributed by atoms with E-state index in [1.165, 1.54) is 11.1 Å². The molecule has 0 bridgehead atoms. The number of hydrogen-bond acceptors (Lipinski definition) is 8. The lowest BCUT2D eigenvalue weighted by atomic mass is 10.0. The van der Waals surface area contributed by atoms with E-state index in [-0.39, 0.29) is 0 Å². The van der Waals surface area contributed by atoms with E-state index in [0.717, 1.165) is 69.1 Å². The second kappa shape index (κ2) is 10.9. The van der Waals surface area contributed by atoms with Crippen molar-refractivity contribution in [1.29, 1.82) is 0 Å². The van der Waals surface area contributed by atoms with Crippen molar-refractivity contribution in [3.8, 4) is 5.75 Å². The molecule has 0 saturated carbocycles. The number of pyridine rings is 1. The minimum atomic E-state index is 0.567. The number of nitrogen functional groups attached to an aromatic ring is 1. The first kappa shape index (κ1) is 22.7. The Morgan fingerprint density at radius 1 is 1.19 bits per heavy atom. The molecule has 2 aliphatic rings. The molecule has 8 heteroatoms. The maximum absolute atomic E-state index is 6.06. The van der Waals surface area contributed by atoms with Crippen molar-refractivity contribution in [2.24, 2.45) is 11.1 Å². The summed E-state index contributed by atoms with van der Waals surface area (Å²) in [5, 5.41) is 4.24. The van der Waals surface area contributed by atoms with E-state index >= 15 is 0 Å². The number of oxime groups is 1. The molecule has 172 valence electrons. The van der Waals surface area contributed by atoms with E-state index in [2.05, 4.69) is 43.9 Å². The highest BCUT2D eigenvalue weighted by Gasteiger charge is 2.22. The van der Waals surface area contributed by atoms with E-state index in [9.17, 15) is 0 Å². The van der Waals surface area contributed by atoms with E-state index < -0.39 is 0 Å². The summed E-state index contributed by atoms with van der Waals surface area (Å²) in [5.74, 6) is 2.13. The molecule has 0 radical (unpaired) electrons. The normalized spacial score (nSPS) is 18.2. The fourth-order valence-electron chi connectivity index (χ4n) is 4.00. The van der Waals surface area contributed by atoms with Gasteiger partial charge in [0.05, 0.1) is 18.0 Å². The van der Waals surface area contributed by atoms with Gasteiger partial charge in [0, 0.05) is 49.6 Å². The molecule has 1 unspecified atom stereocenters. The zero-order valence-electron chi connectivity index (χ0n) is 19.0. The number of anilines is 2. The monoisotopic (exact) mass is 455 g/mol. The second-order valence-electron chi connectivity index (χ2n) is 8.36. The van der Waals surface area contributed by atoms with Crippen LogP contribution in [-0.2, 0) is 11.3 Å². The Morgan fingerprint density at radius 3 is 2.94 bits per heavy atom. The van der Waals surface area contributed by atoms with Crippen LogP contribution in [0.4, 0.5) is 11.5 Å². The van der Waals surface area contributed by atoms with Crippen molar-refractivity contribution in [1.82, 2.24) is 9.29 Å². The summed E-state index contributed by atoms with van der Waals surface area (Å²) >= 11 is 1.78. The molecular weight excluding hydrogens is 422 g/mol. The van der Waals surface area contributed by atoms with Crippen LogP contribution in [0, 0.1) is 5.92 Å². The lowest BCUT2D eigenvalue weighted by molar-refractivity contribution is 0.158. The van der Waals surface area contributed by atoms with Gasteiger partial charge in [0.1, 0.15) is 18.2 Å². The van der Waals surface area contributed by atoms with Gasteiger partial charge in [0.2, 0.25) is 0 Å². The van der Waals surface area contributed by atoms with Crippen molar-refractivity contribution in [3.63, 3.8) is 0 Å². The first-order chi connectivity index (χ1) is 15.6. The molecule has 2 N–H and O–H groups in total. The van der Waals surface area contributed by atoms with Crippen molar-refractivity contribution in [2.45, 2.75) is 39.5 Å².